The summed E-state index contributed by atoms with van der Waals surface area (Å²) < 4.78 is 33.0. The SMILES string of the molecule is CC/C=C\C/C=C\C[C@@H](/C=C\C=C\CS(=O)(=O)c1nc2ccccc2s1)O[Si](C)(C)C(C)(C)C. The zero-order valence-corrected chi connectivity index (χ0v) is 24.0. The second-order valence-electron chi connectivity index (χ2n) is 9.78. The normalized spacial score (nSPS) is 15.0. The van der Waals surface area contributed by atoms with Crippen molar-refractivity contribution in [2.75, 3.05) is 5.75 Å². The van der Waals surface area contributed by atoms with Crippen LogP contribution in [0.25, 0.3) is 10.2 Å². The zero-order valence-electron chi connectivity index (χ0n) is 21.3. The molecule has 0 bridgehead atoms. The molecule has 0 saturated heterocycles. The lowest BCUT2D eigenvalue weighted by Crippen LogP contribution is -2.43. The van der Waals surface area contributed by atoms with Crippen molar-refractivity contribution in [2.45, 2.75) is 75.5 Å². The van der Waals surface area contributed by atoms with Crippen LogP contribution in [0.3, 0.4) is 0 Å². The Bertz CT molecular complexity index is 1100. The highest BCUT2D eigenvalue weighted by molar-refractivity contribution is 7.93. The van der Waals surface area contributed by atoms with Crippen molar-refractivity contribution in [1.82, 2.24) is 4.98 Å². The molecule has 1 atom stereocenters. The first-order valence-corrected chi connectivity index (χ1v) is 17.2. The number of hydrogen-bond donors (Lipinski definition) is 0. The number of sulfone groups is 1. The fourth-order valence-electron chi connectivity index (χ4n) is 2.89. The number of benzene rings is 1. The van der Waals surface area contributed by atoms with E-state index in [1.54, 1.807) is 12.2 Å². The van der Waals surface area contributed by atoms with E-state index < -0.39 is 18.2 Å². The lowest BCUT2D eigenvalue weighted by atomic mass is 10.2. The molecule has 1 aromatic heterocycles. The Kier molecular flexibility index (Phi) is 10.7. The van der Waals surface area contributed by atoms with Crippen LogP contribution < -0.4 is 0 Å². The van der Waals surface area contributed by atoms with Crippen molar-refractivity contribution in [3.05, 3.63) is 72.9 Å². The molecule has 0 amide bonds. The van der Waals surface area contributed by atoms with E-state index in [1.165, 1.54) is 11.3 Å². The van der Waals surface area contributed by atoms with Gasteiger partial charge in [-0.05, 0) is 49.5 Å². The molecule has 1 aromatic carbocycles. The number of para-hydroxylation sites is 1. The number of nitrogens with zero attached hydrogens (tertiary/aromatic N) is 1. The minimum Gasteiger partial charge on any atom is -0.410 e. The van der Waals surface area contributed by atoms with E-state index in [0.717, 1.165) is 29.5 Å². The highest BCUT2D eigenvalue weighted by Crippen LogP contribution is 2.37. The van der Waals surface area contributed by atoms with Gasteiger partial charge in [0.15, 0.2) is 8.32 Å². The van der Waals surface area contributed by atoms with Gasteiger partial charge in [-0.15, -0.1) is 11.3 Å². The Labute approximate surface area is 211 Å². The molecule has 0 unspecified atom stereocenters. The number of hydrogen-bond acceptors (Lipinski definition) is 5. The number of aromatic nitrogens is 1. The Balaban J connectivity index is 2.04. The Hall–Kier alpha value is -1.80. The summed E-state index contributed by atoms with van der Waals surface area (Å²) in [6, 6.07) is 7.48. The predicted octanol–water partition coefficient (Wildman–Crippen LogP) is 7.88. The van der Waals surface area contributed by atoms with Crippen molar-refractivity contribution >= 4 is 39.7 Å². The average molecular weight is 518 g/mol. The second kappa shape index (κ2) is 12.8. The molecule has 7 heteroatoms. The minimum absolute atomic E-state index is 0.0437. The standard InChI is InChI=1S/C27H39NO3S2Si/c1-7-8-9-10-11-13-18-23(31-34(5,6)27(2,3)4)19-14-12-17-22-33(29,30)26-28-24-20-15-16-21-25(24)32-26/h8-9,11-17,19-21,23H,7,10,18,22H2,1-6H3/b9-8-,13-11-,17-12+,19-14-/t23-/m0/s1. The molecule has 0 saturated carbocycles. The zero-order chi connectivity index (χ0) is 25.2. The smallest absolute Gasteiger partial charge is 0.210 e. The van der Waals surface area contributed by atoms with Crippen LogP contribution in [0.4, 0.5) is 0 Å². The van der Waals surface area contributed by atoms with Gasteiger partial charge in [0.25, 0.3) is 0 Å². The van der Waals surface area contributed by atoms with Crippen LogP contribution in [-0.2, 0) is 14.3 Å². The lowest BCUT2D eigenvalue weighted by molar-refractivity contribution is 0.228. The van der Waals surface area contributed by atoms with E-state index in [9.17, 15) is 8.42 Å². The van der Waals surface area contributed by atoms with Gasteiger partial charge in [-0.1, -0.05) is 88.4 Å². The topological polar surface area (TPSA) is 56.3 Å². The van der Waals surface area contributed by atoms with Gasteiger partial charge in [0.2, 0.25) is 14.2 Å². The quantitative estimate of drug-likeness (QED) is 0.163. The van der Waals surface area contributed by atoms with Crippen molar-refractivity contribution in [3.63, 3.8) is 0 Å². The summed E-state index contributed by atoms with van der Waals surface area (Å²) in [6.45, 7) is 13.3. The minimum atomic E-state index is -3.45. The second-order valence-corrected chi connectivity index (χ2v) is 17.8. The van der Waals surface area contributed by atoms with E-state index in [1.807, 2.05) is 36.4 Å². The maximum Gasteiger partial charge on any atom is 0.210 e. The number of thiazole rings is 1. The van der Waals surface area contributed by atoms with Crippen LogP contribution in [0.1, 0.15) is 47.0 Å². The molecular weight excluding hydrogens is 479 g/mol. The van der Waals surface area contributed by atoms with Crippen LogP contribution in [0.2, 0.25) is 18.1 Å². The van der Waals surface area contributed by atoms with Crippen LogP contribution in [-0.4, -0.2) is 33.6 Å². The lowest BCUT2D eigenvalue weighted by Gasteiger charge is -2.38. The molecule has 0 aliphatic rings. The summed E-state index contributed by atoms with van der Waals surface area (Å²) in [5.41, 5.74) is 0.721. The summed E-state index contributed by atoms with van der Waals surface area (Å²) in [4.78, 5) is 4.29. The van der Waals surface area contributed by atoms with Crippen LogP contribution >= 0.6 is 11.3 Å². The van der Waals surface area contributed by atoms with Crippen molar-refractivity contribution in [2.24, 2.45) is 0 Å². The van der Waals surface area contributed by atoms with Crippen molar-refractivity contribution in [3.8, 4) is 0 Å². The Morgan fingerprint density at radius 1 is 1.06 bits per heavy atom. The molecule has 0 aliphatic heterocycles. The first-order valence-electron chi connectivity index (χ1n) is 11.9. The first kappa shape index (κ1) is 28.4. The van der Waals surface area contributed by atoms with Gasteiger partial charge in [-0.25, -0.2) is 13.4 Å². The summed E-state index contributed by atoms with van der Waals surface area (Å²) >= 11 is 1.22. The monoisotopic (exact) mass is 517 g/mol. The summed E-state index contributed by atoms with van der Waals surface area (Å²) in [7, 11) is -5.39. The molecular formula is C27H39NO3S2Si. The summed E-state index contributed by atoms with van der Waals surface area (Å²) in [5, 5.41) is 0.119. The van der Waals surface area contributed by atoms with Crippen molar-refractivity contribution < 1.29 is 12.8 Å². The largest absolute Gasteiger partial charge is 0.410 e. The molecule has 2 aromatic rings. The van der Waals surface area contributed by atoms with Crippen LogP contribution in [0.15, 0.2) is 77.2 Å². The molecule has 186 valence electrons. The fourth-order valence-corrected chi connectivity index (χ4v) is 6.60. The van der Waals surface area contributed by atoms with Gasteiger partial charge in [-0.3, -0.25) is 0 Å². The predicted molar refractivity (Wildman–Crippen MR) is 150 cm³/mol. The molecule has 0 fully saturated rings. The van der Waals surface area contributed by atoms with E-state index >= 15 is 0 Å². The Morgan fingerprint density at radius 3 is 2.44 bits per heavy atom. The third-order valence-electron chi connectivity index (χ3n) is 5.89. The maximum absolute atomic E-state index is 12.7. The molecule has 1 heterocycles. The van der Waals surface area contributed by atoms with Crippen molar-refractivity contribution in [1.29, 1.82) is 0 Å². The molecule has 0 N–H and O–H groups in total. The number of fused-ring (bicyclic) bond motifs is 1. The van der Waals surface area contributed by atoms with Gasteiger partial charge in [0.05, 0.1) is 22.1 Å². The third kappa shape index (κ3) is 8.76. The number of allylic oxidation sites excluding steroid dienone is 5. The number of rotatable bonds is 12. The molecule has 34 heavy (non-hydrogen) atoms. The molecule has 2 rings (SSSR count). The molecule has 0 spiro atoms. The van der Waals surface area contributed by atoms with E-state index in [0.29, 0.717) is 0 Å². The molecule has 0 radical (unpaired) electrons. The molecule has 4 nitrogen and oxygen atoms in total. The highest BCUT2D eigenvalue weighted by atomic mass is 32.2. The highest BCUT2D eigenvalue weighted by Gasteiger charge is 2.38. The average Bonchev–Trinajstić information content (AvgIpc) is 3.20. The van der Waals surface area contributed by atoms with E-state index in [-0.39, 0.29) is 21.2 Å². The summed E-state index contributed by atoms with van der Waals surface area (Å²) in [6.07, 6.45) is 18.8. The summed E-state index contributed by atoms with van der Waals surface area (Å²) in [5.74, 6) is -0.0748. The maximum atomic E-state index is 12.7. The van der Waals surface area contributed by atoms with Gasteiger partial charge in [0, 0.05) is 0 Å². The van der Waals surface area contributed by atoms with Gasteiger partial charge in [-0.2, -0.15) is 0 Å². The van der Waals surface area contributed by atoms with Crippen LogP contribution in [0, 0.1) is 0 Å². The van der Waals surface area contributed by atoms with Gasteiger partial charge in [0.1, 0.15) is 0 Å². The Morgan fingerprint density at radius 2 is 1.76 bits per heavy atom. The van der Waals surface area contributed by atoms with Crippen LogP contribution in [0.5, 0.6) is 0 Å². The fraction of sp³-hybridized carbons (Fsp3) is 0.444. The van der Waals surface area contributed by atoms with Gasteiger partial charge < -0.3 is 4.43 Å². The molecule has 0 aliphatic carbocycles. The first-order chi connectivity index (χ1) is 16.0. The van der Waals surface area contributed by atoms with E-state index in [4.69, 9.17) is 4.43 Å². The van der Waals surface area contributed by atoms with Gasteiger partial charge >= 0.3 is 0 Å². The van der Waals surface area contributed by atoms with E-state index in [2.05, 4.69) is 70.1 Å². The third-order valence-corrected chi connectivity index (χ3v) is 13.5.